The van der Waals surface area contributed by atoms with Gasteiger partial charge in [-0.3, -0.25) is 14.6 Å². The van der Waals surface area contributed by atoms with Crippen LogP contribution in [0.3, 0.4) is 0 Å². The van der Waals surface area contributed by atoms with Crippen molar-refractivity contribution in [1.82, 2.24) is 4.98 Å². The average molecular weight is 275 g/mol. The number of hydrogen-bond acceptors (Lipinski definition) is 3. The molecular formula is C15H11F2NO2. The predicted molar refractivity (Wildman–Crippen MR) is 68.6 cm³/mol. The van der Waals surface area contributed by atoms with Gasteiger partial charge in [0.05, 0.1) is 11.8 Å². The first-order valence-electron chi connectivity index (χ1n) is 5.91. The van der Waals surface area contributed by atoms with Gasteiger partial charge in [0.25, 0.3) is 0 Å². The van der Waals surface area contributed by atoms with E-state index in [2.05, 4.69) is 4.98 Å². The normalized spacial score (nSPS) is 10.3. The summed E-state index contributed by atoms with van der Waals surface area (Å²) < 4.78 is 26.1. The Kier molecular flexibility index (Phi) is 3.98. The monoisotopic (exact) mass is 275 g/mol. The van der Waals surface area contributed by atoms with E-state index in [1.807, 2.05) is 0 Å². The highest BCUT2D eigenvalue weighted by Crippen LogP contribution is 2.13. The lowest BCUT2D eigenvalue weighted by Gasteiger charge is -2.04. The molecule has 0 saturated heterocycles. The van der Waals surface area contributed by atoms with Crippen molar-refractivity contribution in [2.75, 3.05) is 0 Å². The summed E-state index contributed by atoms with van der Waals surface area (Å²) in [6.45, 7) is 1.26. The Bertz CT molecular complexity index is 666. The fourth-order valence-corrected chi connectivity index (χ4v) is 1.77. The smallest absolute Gasteiger partial charge is 0.185 e. The van der Waals surface area contributed by atoms with E-state index in [0.717, 1.165) is 18.3 Å². The minimum absolute atomic E-state index is 0.0286. The van der Waals surface area contributed by atoms with E-state index >= 15 is 0 Å². The van der Waals surface area contributed by atoms with Crippen molar-refractivity contribution in [2.45, 2.75) is 13.3 Å². The highest BCUT2D eigenvalue weighted by atomic mass is 19.1. The van der Waals surface area contributed by atoms with E-state index in [-0.39, 0.29) is 23.5 Å². The van der Waals surface area contributed by atoms with Crippen molar-refractivity contribution in [3.8, 4) is 0 Å². The highest BCUT2D eigenvalue weighted by Gasteiger charge is 2.12. The van der Waals surface area contributed by atoms with Crippen LogP contribution in [0.5, 0.6) is 0 Å². The van der Waals surface area contributed by atoms with Gasteiger partial charge in [0.2, 0.25) is 0 Å². The molecule has 0 unspecified atom stereocenters. The first kappa shape index (κ1) is 14.0. The van der Waals surface area contributed by atoms with Gasteiger partial charge in [-0.2, -0.15) is 0 Å². The summed E-state index contributed by atoms with van der Waals surface area (Å²) in [6, 6.07) is 6.36. The van der Waals surface area contributed by atoms with Gasteiger partial charge in [-0.1, -0.05) is 6.07 Å². The Labute approximate surface area is 114 Å². The number of aromatic nitrogens is 1. The van der Waals surface area contributed by atoms with Gasteiger partial charge in [0, 0.05) is 6.42 Å². The van der Waals surface area contributed by atoms with Crippen molar-refractivity contribution in [1.29, 1.82) is 0 Å². The van der Waals surface area contributed by atoms with Crippen LogP contribution < -0.4 is 0 Å². The fraction of sp³-hybridized carbons (Fsp3) is 0.133. The number of carbonyl (C=O) groups is 2. The van der Waals surface area contributed by atoms with Crippen LogP contribution in [0.15, 0.2) is 36.5 Å². The van der Waals surface area contributed by atoms with Crippen molar-refractivity contribution in [3.05, 3.63) is 65.0 Å². The zero-order valence-corrected chi connectivity index (χ0v) is 10.7. The SMILES string of the molecule is CC(=O)c1cc(CC(=O)c2ccc(F)cn2)ccc1F. The Morgan fingerprint density at radius 1 is 1.15 bits per heavy atom. The van der Waals surface area contributed by atoms with Crippen LogP contribution >= 0.6 is 0 Å². The maximum atomic E-state index is 13.4. The Morgan fingerprint density at radius 3 is 2.50 bits per heavy atom. The third-order valence-corrected chi connectivity index (χ3v) is 2.79. The van der Waals surface area contributed by atoms with E-state index in [1.54, 1.807) is 0 Å². The van der Waals surface area contributed by atoms with Crippen molar-refractivity contribution in [2.24, 2.45) is 0 Å². The summed E-state index contributed by atoms with van der Waals surface area (Å²) in [5, 5.41) is 0. The van der Waals surface area contributed by atoms with E-state index in [9.17, 15) is 18.4 Å². The number of carbonyl (C=O) groups excluding carboxylic acids is 2. The second-order valence-electron chi connectivity index (χ2n) is 4.33. The largest absolute Gasteiger partial charge is 0.294 e. The first-order chi connectivity index (χ1) is 9.47. The lowest BCUT2D eigenvalue weighted by Crippen LogP contribution is -2.07. The van der Waals surface area contributed by atoms with Crippen LogP contribution in [0, 0.1) is 11.6 Å². The minimum Gasteiger partial charge on any atom is -0.294 e. The zero-order valence-electron chi connectivity index (χ0n) is 10.7. The van der Waals surface area contributed by atoms with Crippen LogP contribution in [0.4, 0.5) is 8.78 Å². The number of hydrogen-bond donors (Lipinski definition) is 0. The number of halogens is 2. The fourth-order valence-electron chi connectivity index (χ4n) is 1.77. The summed E-state index contributed by atoms with van der Waals surface area (Å²) in [4.78, 5) is 26.8. The molecule has 0 saturated carbocycles. The maximum absolute atomic E-state index is 13.4. The second kappa shape index (κ2) is 5.69. The quantitative estimate of drug-likeness (QED) is 0.806. The van der Waals surface area contributed by atoms with Gasteiger partial charge in [-0.25, -0.2) is 8.78 Å². The molecule has 0 aliphatic heterocycles. The molecule has 1 heterocycles. The molecule has 5 heteroatoms. The molecule has 1 aromatic carbocycles. The molecular weight excluding hydrogens is 264 g/mol. The molecule has 2 aromatic rings. The van der Waals surface area contributed by atoms with Gasteiger partial charge >= 0.3 is 0 Å². The second-order valence-corrected chi connectivity index (χ2v) is 4.33. The van der Waals surface area contributed by atoms with Crippen LogP contribution in [0.1, 0.15) is 33.3 Å². The molecule has 20 heavy (non-hydrogen) atoms. The molecule has 1 aromatic heterocycles. The van der Waals surface area contributed by atoms with Crippen LogP contribution in [0.25, 0.3) is 0 Å². The lowest BCUT2D eigenvalue weighted by molar-refractivity contribution is 0.0982. The van der Waals surface area contributed by atoms with Crippen LogP contribution in [-0.2, 0) is 6.42 Å². The molecule has 2 rings (SSSR count). The molecule has 0 aliphatic carbocycles. The number of ketones is 2. The van der Waals surface area contributed by atoms with E-state index in [1.165, 1.54) is 25.1 Å². The Hall–Kier alpha value is -2.43. The third-order valence-electron chi connectivity index (χ3n) is 2.79. The number of Topliss-reactive ketones (excluding diaryl/α,β-unsaturated/α-hetero) is 2. The summed E-state index contributed by atoms with van der Waals surface area (Å²) in [5.74, 6) is -1.88. The summed E-state index contributed by atoms with van der Waals surface area (Å²) in [6.07, 6.45) is 0.929. The third kappa shape index (κ3) is 3.12. The predicted octanol–water partition coefficient (Wildman–Crippen LogP) is 2.99. The van der Waals surface area contributed by atoms with Crippen molar-refractivity contribution < 1.29 is 18.4 Å². The topological polar surface area (TPSA) is 47.0 Å². The lowest BCUT2D eigenvalue weighted by atomic mass is 10.0. The van der Waals surface area contributed by atoms with E-state index in [4.69, 9.17) is 0 Å². The highest BCUT2D eigenvalue weighted by molar-refractivity contribution is 5.97. The van der Waals surface area contributed by atoms with E-state index < -0.39 is 17.4 Å². The summed E-state index contributed by atoms with van der Waals surface area (Å²) >= 11 is 0. The van der Waals surface area contributed by atoms with Gasteiger partial charge in [0.15, 0.2) is 11.6 Å². The minimum atomic E-state index is -0.617. The van der Waals surface area contributed by atoms with Crippen LogP contribution in [-0.4, -0.2) is 16.6 Å². The standard InChI is InChI=1S/C15H11F2NO2/c1-9(19)12-6-10(2-4-13(12)17)7-15(20)14-5-3-11(16)8-18-14/h2-6,8H,7H2,1H3. The van der Waals surface area contributed by atoms with Gasteiger partial charge < -0.3 is 0 Å². The molecule has 3 nitrogen and oxygen atoms in total. The number of pyridine rings is 1. The molecule has 0 atom stereocenters. The van der Waals surface area contributed by atoms with Gasteiger partial charge in [-0.15, -0.1) is 0 Å². The molecule has 0 fully saturated rings. The van der Waals surface area contributed by atoms with E-state index in [0.29, 0.717) is 5.56 Å². The van der Waals surface area contributed by atoms with Crippen molar-refractivity contribution >= 4 is 11.6 Å². The Balaban J connectivity index is 2.21. The Morgan fingerprint density at radius 2 is 1.90 bits per heavy atom. The summed E-state index contributed by atoms with van der Waals surface area (Å²) in [7, 11) is 0. The molecule has 102 valence electrons. The zero-order chi connectivity index (χ0) is 14.7. The number of rotatable bonds is 4. The van der Waals surface area contributed by atoms with Crippen molar-refractivity contribution in [3.63, 3.8) is 0 Å². The molecule has 0 amide bonds. The average Bonchev–Trinajstić information content (AvgIpc) is 2.41. The molecule has 0 aliphatic rings. The number of nitrogens with zero attached hydrogens (tertiary/aromatic N) is 1. The van der Waals surface area contributed by atoms with Crippen LogP contribution in [0.2, 0.25) is 0 Å². The number of benzene rings is 1. The van der Waals surface area contributed by atoms with Gasteiger partial charge in [-0.05, 0) is 36.8 Å². The first-order valence-corrected chi connectivity index (χ1v) is 5.91. The molecule has 0 radical (unpaired) electrons. The maximum Gasteiger partial charge on any atom is 0.185 e. The molecule has 0 spiro atoms. The van der Waals surface area contributed by atoms with Gasteiger partial charge in [0.1, 0.15) is 17.3 Å². The molecule has 0 bridgehead atoms. The molecule has 0 N–H and O–H groups in total. The summed E-state index contributed by atoms with van der Waals surface area (Å²) in [5.41, 5.74) is 0.579.